The lowest BCUT2D eigenvalue weighted by molar-refractivity contribution is -0.162. The molecule has 1 atom stereocenters. The standard InChI is InChI=1S/C63H104O5/c1-4-7-10-13-16-19-22-25-28-30-32-34-36-38-41-44-47-50-53-56-62(64)67-60-61(59-66-58-55-52-49-46-43-40-27-24-21-18-15-12-9-6-3)68-63(65)57-54-51-48-45-42-39-37-35-33-31-29-26-23-20-17-14-11-8-5-2/h7,9-10,12,16,18-19,21,25,27-28,32,34,38,40-41,46-47,49-50,61H,4-6,8,11,13-15,17,20,22-24,26,29-31,33,35-37,39,42-45,48,51-60H2,1-3H3/b10-7-,12-9-,19-16-,21-18-,28-25-,34-32-,40-27-,41-38-,49-46-,50-47-. The lowest BCUT2D eigenvalue weighted by Crippen LogP contribution is -2.30. The van der Waals surface area contributed by atoms with Crippen LogP contribution in [-0.2, 0) is 23.8 Å². The van der Waals surface area contributed by atoms with Crippen LogP contribution in [0.2, 0.25) is 0 Å². The van der Waals surface area contributed by atoms with Gasteiger partial charge in [0.2, 0.25) is 0 Å². The summed E-state index contributed by atoms with van der Waals surface area (Å²) in [5.74, 6) is -0.525. The lowest BCUT2D eigenvalue weighted by Gasteiger charge is -2.18. The van der Waals surface area contributed by atoms with Crippen LogP contribution >= 0.6 is 0 Å². The minimum atomic E-state index is -0.602. The molecule has 0 saturated heterocycles. The van der Waals surface area contributed by atoms with Crippen molar-refractivity contribution in [3.63, 3.8) is 0 Å². The highest BCUT2D eigenvalue weighted by Gasteiger charge is 2.17. The molecule has 0 heterocycles. The quantitative estimate of drug-likeness (QED) is 0.0345. The fourth-order valence-electron chi connectivity index (χ4n) is 7.42. The van der Waals surface area contributed by atoms with Crippen molar-refractivity contribution in [2.75, 3.05) is 19.8 Å². The molecule has 0 aromatic heterocycles. The van der Waals surface area contributed by atoms with Gasteiger partial charge >= 0.3 is 11.9 Å². The molecule has 0 aliphatic rings. The molecule has 0 amide bonds. The molecule has 5 nitrogen and oxygen atoms in total. The first-order valence-electron chi connectivity index (χ1n) is 28.1. The Balaban J connectivity index is 4.43. The van der Waals surface area contributed by atoms with Gasteiger partial charge in [-0.2, -0.15) is 0 Å². The van der Waals surface area contributed by atoms with E-state index in [4.69, 9.17) is 14.2 Å². The zero-order valence-corrected chi connectivity index (χ0v) is 44.3. The molecule has 0 fully saturated rings. The third-order valence-corrected chi connectivity index (χ3v) is 11.5. The number of unbranched alkanes of at least 4 members (excludes halogenated alkanes) is 19. The minimum Gasteiger partial charge on any atom is -0.462 e. The molecular weight excluding hydrogens is 837 g/mol. The Bertz CT molecular complexity index is 1390. The molecule has 68 heavy (non-hydrogen) atoms. The van der Waals surface area contributed by atoms with E-state index in [0.29, 0.717) is 19.4 Å². The van der Waals surface area contributed by atoms with Crippen molar-refractivity contribution < 1.29 is 23.8 Å². The summed E-state index contributed by atoms with van der Waals surface area (Å²) >= 11 is 0. The van der Waals surface area contributed by atoms with Crippen LogP contribution in [0.4, 0.5) is 0 Å². The molecule has 1 unspecified atom stereocenters. The SMILES string of the molecule is CC/C=C\C/C=C\C/C=C\C/C=C\C/C=C\C/C=C\CCC(=O)OCC(COCCC/C=C\C/C=C\C/C=C\C/C=C\CC)OC(=O)CCCCCCCCCCCCCCCCCCCCC. The summed E-state index contributed by atoms with van der Waals surface area (Å²) in [5.41, 5.74) is 0. The normalized spacial score (nSPS) is 13.2. The fourth-order valence-corrected chi connectivity index (χ4v) is 7.42. The van der Waals surface area contributed by atoms with Gasteiger partial charge in [0, 0.05) is 19.4 Å². The second-order valence-corrected chi connectivity index (χ2v) is 18.1. The first-order chi connectivity index (χ1) is 33.6. The largest absolute Gasteiger partial charge is 0.462 e. The predicted octanol–water partition coefficient (Wildman–Crippen LogP) is 19.3. The average molecular weight is 942 g/mol. The van der Waals surface area contributed by atoms with Gasteiger partial charge in [-0.05, 0) is 89.9 Å². The van der Waals surface area contributed by atoms with Crippen LogP contribution in [0.5, 0.6) is 0 Å². The molecule has 0 aromatic rings. The molecule has 5 heteroatoms. The Morgan fingerprint density at radius 2 is 0.676 bits per heavy atom. The topological polar surface area (TPSA) is 61.8 Å². The second-order valence-electron chi connectivity index (χ2n) is 18.1. The Hall–Kier alpha value is -3.70. The van der Waals surface area contributed by atoms with Gasteiger partial charge in [0.05, 0.1) is 6.61 Å². The van der Waals surface area contributed by atoms with Crippen LogP contribution in [0.25, 0.3) is 0 Å². The zero-order chi connectivity index (χ0) is 49.2. The summed E-state index contributed by atoms with van der Waals surface area (Å²) in [5, 5.41) is 0. The Labute approximate surface area is 420 Å². The number of esters is 2. The van der Waals surface area contributed by atoms with E-state index in [1.54, 1.807) is 0 Å². The second kappa shape index (κ2) is 57.6. The molecule has 0 N–H and O–H groups in total. The van der Waals surface area contributed by atoms with Gasteiger partial charge < -0.3 is 14.2 Å². The molecule has 0 spiro atoms. The van der Waals surface area contributed by atoms with Gasteiger partial charge in [0.15, 0.2) is 6.10 Å². The Morgan fingerprint density at radius 1 is 0.338 bits per heavy atom. The van der Waals surface area contributed by atoms with E-state index >= 15 is 0 Å². The third-order valence-electron chi connectivity index (χ3n) is 11.5. The summed E-state index contributed by atoms with van der Waals surface area (Å²) in [6.45, 7) is 7.39. The molecule has 0 aliphatic heterocycles. The smallest absolute Gasteiger partial charge is 0.306 e. The molecule has 0 aromatic carbocycles. The van der Waals surface area contributed by atoms with E-state index < -0.39 is 6.10 Å². The van der Waals surface area contributed by atoms with Crippen molar-refractivity contribution in [1.82, 2.24) is 0 Å². The molecule has 0 rings (SSSR count). The van der Waals surface area contributed by atoms with Crippen LogP contribution in [0.15, 0.2) is 122 Å². The number of carbonyl (C=O) groups excluding carboxylic acids is 2. The first-order valence-corrected chi connectivity index (χ1v) is 28.1. The number of carbonyl (C=O) groups is 2. The highest BCUT2D eigenvalue weighted by molar-refractivity contribution is 5.70. The van der Waals surface area contributed by atoms with Crippen LogP contribution < -0.4 is 0 Å². The van der Waals surface area contributed by atoms with Crippen molar-refractivity contribution in [1.29, 1.82) is 0 Å². The summed E-state index contributed by atoms with van der Waals surface area (Å²) in [7, 11) is 0. The van der Waals surface area contributed by atoms with E-state index in [2.05, 4.69) is 136 Å². The van der Waals surface area contributed by atoms with E-state index in [0.717, 1.165) is 96.3 Å². The van der Waals surface area contributed by atoms with Crippen LogP contribution in [-0.4, -0.2) is 37.9 Å². The van der Waals surface area contributed by atoms with E-state index in [1.165, 1.54) is 103 Å². The Morgan fingerprint density at radius 3 is 1.06 bits per heavy atom. The number of ether oxygens (including phenoxy) is 3. The molecule has 0 radical (unpaired) electrons. The van der Waals surface area contributed by atoms with Gasteiger partial charge in [-0.15, -0.1) is 0 Å². The lowest BCUT2D eigenvalue weighted by atomic mass is 10.0. The molecule has 0 saturated carbocycles. The van der Waals surface area contributed by atoms with Crippen molar-refractivity contribution in [3.8, 4) is 0 Å². The van der Waals surface area contributed by atoms with Crippen molar-refractivity contribution in [3.05, 3.63) is 122 Å². The molecule has 0 bridgehead atoms. The Kier molecular flexibility index (Phi) is 54.5. The first kappa shape index (κ1) is 64.3. The van der Waals surface area contributed by atoms with Crippen molar-refractivity contribution in [2.45, 2.75) is 245 Å². The van der Waals surface area contributed by atoms with Crippen molar-refractivity contribution >= 4 is 11.9 Å². The molecule has 386 valence electrons. The average Bonchev–Trinajstić information content (AvgIpc) is 3.34. The van der Waals surface area contributed by atoms with Crippen LogP contribution in [0.3, 0.4) is 0 Å². The predicted molar refractivity (Wildman–Crippen MR) is 297 cm³/mol. The number of hydrogen-bond donors (Lipinski definition) is 0. The maximum atomic E-state index is 12.8. The van der Waals surface area contributed by atoms with Crippen LogP contribution in [0, 0.1) is 0 Å². The maximum Gasteiger partial charge on any atom is 0.306 e. The number of hydrogen-bond acceptors (Lipinski definition) is 5. The van der Waals surface area contributed by atoms with Gasteiger partial charge in [-0.1, -0.05) is 258 Å². The van der Waals surface area contributed by atoms with Gasteiger partial charge in [0.1, 0.15) is 6.61 Å². The summed E-state index contributed by atoms with van der Waals surface area (Å²) in [6.07, 6.45) is 81.0. The van der Waals surface area contributed by atoms with Gasteiger partial charge in [-0.3, -0.25) is 9.59 Å². The molecule has 0 aliphatic carbocycles. The summed E-state index contributed by atoms with van der Waals surface area (Å²) in [6, 6.07) is 0. The maximum absolute atomic E-state index is 12.8. The number of rotatable bonds is 50. The highest BCUT2D eigenvalue weighted by atomic mass is 16.6. The third kappa shape index (κ3) is 54.9. The molecular formula is C63H104O5. The fraction of sp³-hybridized carbons (Fsp3) is 0.651. The van der Waals surface area contributed by atoms with E-state index in [1.807, 2.05) is 6.08 Å². The van der Waals surface area contributed by atoms with Crippen LogP contribution in [0.1, 0.15) is 239 Å². The van der Waals surface area contributed by atoms with E-state index in [9.17, 15) is 9.59 Å². The summed E-state index contributed by atoms with van der Waals surface area (Å²) < 4.78 is 17.3. The van der Waals surface area contributed by atoms with Gasteiger partial charge in [0.25, 0.3) is 0 Å². The highest BCUT2D eigenvalue weighted by Crippen LogP contribution is 2.15. The zero-order valence-electron chi connectivity index (χ0n) is 44.3. The number of allylic oxidation sites excluding steroid dienone is 20. The van der Waals surface area contributed by atoms with Crippen molar-refractivity contribution in [2.24, 2.45) is 0 Å². The monoisotopic (exact) mass is 941 g/mol. The minimum absolute atomic E-state index is 0.0182. The summed E-state index contributed by atoms with van der Waals surface area (Å²) in [4.78, 5) is 25.5. The van der Waals surface area contributed by atoms with Gasteiger partial charge in [-0.25, -0.2) is 0 Å². The van der Waals surface area contributed by atoms with E-state index in [-0.39, 0.29) is 31.6 Å².